The molecule has 2 aromatic rings. The van der Waals surface area contributed by atoms with Gasteiger partial charge in [0.2, 0.25) is 0 Å². The molecule has 5 nitrogen and oxygen atoms in total. The molecule has 0 saturated carbocycles. The minimum atomic E-state index is -0.894. The van der Waals surface area contributed by atoms with Crippen LogP contribution >= 0.6 is 11.8 Å². The Morgan fingerprint density at radius 3 is 3.14 bits per heavy atom. The van der Waals surface area contributed by atoms with Gasteiger partial charge < -0.3 is 14.4 Å². The van der Waals surface area contributed by atoms with Crippen molar-refractivity contribution in [1.82, 2.24) is 9.55 Å². The SMILES string of the molecule is O=C(O)CSc1nc2cc(F)ccc2n1CC1CCOC1. The van der Waals surface area contributed by atoms with E-state index in [-0.39, 0.29) is 11.6 Å². The monoisotopic (exact) mass is 310 g/mol. The van der Waals surface area contributed by atoms with Crippen LogP contribution in [0.2, 0.25) is 0 Å². The number of rotatable bonds is 5. The highest BCUT2D eigenvalue weighted by atomic mass is 32.2. The largest absolute Gasteiger partial charge is 0.481 e. The molecule has 1 saturated heterocycles. The Morgan fingerprint density at radius 2 is 2.43 bits per heavy atom. The predicted molar refractivity (Wildman–Crippen MR) is 77.0 cm³/mol. The van der Waals surface area contributed by atoms with Crippen molar-refractivity contribution in [2.75, 3.05) is 19.0 Å². The summed E-state index contributed by atoms with van der Waals surface area (Å²) >= 11 is 1.16. The van der Waals surface area contributed by atoms with Crippen molar-refractivity contribution in [1.29, 1.82) is 0 Å². The topological polar surface area (TPSA) is 64.3 Å². The Bertz CT molecular complexity index is 668. The van der Waals surface area contributed by atoms with Gasteiger partial charge in [-0.15, -0.1) is 0 Å². The van der Waals surface area contributed by atoms with Gasteiger partial charge in [-0.05, 0) is 18.6 Å². The van der Waals surface area contributed by atoms with Crippen molar-refractivity contribution >= 4 is 28.8 Å². The number of fused-ring (bicyclic) bond motifs is 1. The summed E-state index contributed by atoms with van der Waals surface area (Å²) < 4.78 is 20.7. The molecule has 1 N–H and O–H groups in total. The predicted octanol–water partition coefficient (Wildman–Crippen LogP) is 2.39. The van der Waals surface area contributed by atoms with Gasteiger partial charge >= 0.3 is 5.97 Å². The number of benzene rings is 1. The number of hydrogen-bond donors (Lipinski definition) is 1. The maximum Gasteiger partial charge on any atom is 0.313 e. The number of aromatic nitrogens is 2. The molecule has 112 valence electrons. The molecule has 21 heavy (non-hydrogen) atoms. The summed E-state index contributed by atoms with van der Waals surface area (Å²) in [4.78, 5) is 15.1. The van der Waals surface area contributed by atoms with Crippen molar-refractivity contribution in [3.8, 4) is 0 Å². The average molecular weight is 310 g/mol. The summed E-state index contributed by atoms with van der Waals surface area (Å²) in [7, 11) is 0. The lowest BCUT2D eigenvalue weighted by atomic mass is 10.1. The lowest BCUT2D eigenvalue weighted by Crippen LogP contribution is -2.12. The van der Waals surface area contributed by atoms with Crippen molar-refractivity contribution in [2.24, 2.45) is 5.92 Å². The van der Waals surface area contributed by atoms with E-state index in [1.54, 1.807) is 6.07 Å². The average Bonchev–Trinajstić information content (AvgIpc) is 3.05. The van der Waals surface area contributed by atoms with Gasteiger partial charge in [-0.1, -0.05) is 11.8 Å². The highest BCUT2D eigenvalue weighted by Gasteiger charge is 2.20. The van der Waals surface area contributed by atoms with Gasteiger partial charge in [0, 0.05) is 25.1 Å². The second-order valence-electron chi connectivity index (χ2n) is 5.05. The number of carboxylic acid groups (broad SMARTS) is 1. The summed E-state index contributed by atoms with van der Waals surface area (Å²) in [6, 6.07) is 4.47. The molecule has 1 aromatic heterocycles. The number of nitrogens with zero attached hydrogens (tertiary/aromatic N) is 2. The lowest BCUT2D eigenvalue weighted by Gasteiger charge is -2.12. The van der Waals surface area contributed by atoms with Gasteiger partial charge in [0.25, 0.3) is 0 Å². The fourth-order valence-corrected chi connectivity index (χ4v) is 3.22. The van der Waals surface area contributed by atoms with Gasteiger partial charge in [-0.2, -0.15) is 0 Å². The van der Waals surface area contributed by atoms with E-state index in [1.807, 2.05) is 4.57 Å². The van der Waals surface area contributed by atoms with E-state index in [4.69, 9.17) is 9.84 Å². The van der Waals surface area contributed by atoms with Gasteiger partial charge in [0.1, 0.15) is 5.82 Å². The smallest absolute Gasteiger partial charge is 0.313 e. The third kappa shape index (κ3) is 3.19. The third-order valence-electron chi connectivity index (χ3n) is 3.46. The Labute approximate surface area is 125 Å². The van der Waals surface area contributed by atoms with Crippen LogP contribution in [0.5, 0.6) is 0 Å². The number of carboxylic acids is 1. The molecule has 1 aliphatic heterocycles. The van der Waals surface area contributed by atoms with Crippen LogP contribution in [0.15, 0.2) is 23.4 Å². The van der Waals surface area contributed by atoms with E-state index < -0.39 is 5.97 Å². The van der Waals surface area contributed by atoms with Crippen LogP contribution < -0.4 is 0 Å². The zero-order valence-electron chi connectivity index (χ0n) is 11.3. The van der Waals surface area contributed by atoms with Gasteiger partial charge in [-0.3, -0.25) is 4.79 Å². The number of carbonyl (C=O) groups is 1. The van der Waals surface area contributed by atoms with Crippen molar-refractivity contribution < 1.29 is 19.0 Å². The van der Waals surface area contributed by atoms with Crippen LogP contribution in [-0.4, -0.2) is 39.6 Å². The Kier molecular flexibility index (Phi) is 4.12. The number of imidazole rings is 1. The number of hydrogen-bond acceptors (Lipinski definition) is 4. The fraction of sp³-hybridized carbons (Fsp3) is 0.429. The van der Waals surface area contributed by atoms with E-state index in [0.717, 1.165) is 30.3 Å². The van der Waals surface area contributed by atoms with E-state index in [1.165, 1.54) is 12.1 Å². The molecule has 0 aliphatic carbocycles. The number of aliphatic carboxylic acids is 1. The second kappa shape index (κ2) is 6.03. The van der Waals surface area contributed by atoms with E-state index in [9.17, 15) is 9.18 Å². The molecule has 1 aromatic carbocycles. The summed E-state index contributed by atoms with van der Waals surface area (Å²) in [5, 5.41) is 9.45. The van der Waals surface area contributed by atoms with E-state index in [2.05, 4.69) is 4.98 Å². The normalized spacial score (nSPS) is 18.4. The Hall–Kier alpha value is -1.60. The minimum Gasteiger partial charge on any atom is -0.481 e. The maximum absolute atomic E-state index is 13.3. The fourth-order valence-electron chi connectivity index (χ4n) is 2.48. The van der Waals surface area contributed by atoms with Crippen LogP contribution in [-0.2, 0) is 16.1 Å². The molecule has 1 aliphatic rings. The van der Waals surface area contributed by atoms with Crippen molar-refractivity contribution in [2.45, 2.75) is 18.1 Å². The molecule has 1 fully saturated rings. The zero-order valence-corrected chi connectivity index (χ0v) is 12.1. The first-order chi connectivity index (χ1) is 10.1. The third-order valence-corrected chi connectivity index (χ3v) is 4.43. The molecule has 7 heteroatoms. The maximum atomic E-state index is 13.3. The molecule has 1 atom stereocenters. The first kappa shape index (κ1) is 14.3. The van der Waals surface area contributed by atoms with Gasteiger partial charge in [0.05, 0.1) is 23.4 Å². The summed E-state index contributed by atoms with van der Waals surface area (Å²) in [6.45, 7) is 2.16. The van der Waals surface area contributed by atoms with Crippen LogP contribution in [0.3, 0.4) is 0 Å². The molecule has 0 radical (unpaired) electrons. The molecule has 0 amide bonds. The highest BCUT2D eigenvalue weighted by molar-refractivity contribution is 7.99. The molecule has 0 bridgehead atoms. The number of ether oxygens (including phenoxy) is 1. The first-order valence-electron chi connectivity index (χ1n) is 6.71. The second-order valence-corrected chi connectivity index (χ2v) is 5.99. The molecule has 2 heterocycles. The van der Waals surface area contributed by atoms with Gasteiger partial charge in [-0.25, -0.2) is 9.37 Å². The van der Waals surface area contributed by atoms with E-state index in [0.29, 0.717) is 29.7 Å². The van der Waals surface area contributed by atoms with Crippen molar-refractivity contribution in [3.05, 3.63) is 24.0 Å². The first-order valence-corrected chi connectivity index (χ1v) is 7.70. The molecular weight excluding hydrogens is 295 g/mol. The highest BCUT2D eigenvalue weighted by Crippen LogP contribution is 2.27. The summed E-state index contributed by atoms with van der Waals surface area (Å²) in [5.74, 6) is -0.913. The Balaban J connectivity index is 1.95. The quantitative estimate of drug-likeness (QED) is 0.859. The minimum absolute atomic E-state index is 0.0625. The van der Waals surface area contributed by atoms with Crippen LogP contribution in [0.1, 0.15) is 6.42 Å². The lowest BCUT2D eigenvalue weighted by molar-refractivity contribution is -0.133. The van der Waals surface area contributed by atoms with E-state index >= 15 is 0 Å². The zero-order chi connectivity index (χ0) is 14.8. The molecular formula is C14H15FN2O3S. The van der Waals surface area contributed by atoms with Crippen LogP contribution in [0, 0.1) is 11.7 Å². The van der Waals surface area contributed by atoms with Crippen LogP contribution in [0.4, 0.5) is 4.39 Å². The standard InChI is InChI=1S/C14H15FN2O3S/c15-10-1-2-12-11(5-10)16-14(21-8-13(18)19)17(12)6-9-3-4-20-7-9/h1-2,5,9H,3-4,6-8H2,(H,18,19). The molecule has 3 rings (SSSR count). The number of halogens is 1. The summed E-state index contributed by atoms with van der Waals surface area (Å²) in [5.41, 5.74) is 1.39. The number of thioether (sulfide) groups is 1. The molecule has 0 spiro atoms. The molecule has 1 unspecified atom stereocenters. The van der Waals surface area contributed by atoms with Gasteiger partial charge in [0.15, 0.2) is 5.16 Å². The Morgan fingerprint density at radius 1 is 1.57 bits per heavy atom. The van der Waals surface area contributed by atoms with Crippen molar-refractivity contribution in [3.63, 3.8) is 0 Å². The summed E-state index contributed by atoms with van der Waals surface area (Å²) in [6.07, 6.45) is 0.976. The van der Waals surface area contributed by atoms with Crippen LogP contribution in [0.25, 0.3) is 11.0 Å².